The lowest BCUT2D eigenvalue weighted by atomic mass is 10.1. The third-order valence-electron chi connectivity index (χ3n) is 3.63. The van der Waals surface area contributed by atoms with E-state index in [2.05, 4.69) is 24.1 Å². The molecule has 6 heteroatoms. The molecular formula is C15H19N3OS2. The molecule has 4 nitrogen and oxygen atoms in total. The molecule has 1 aliphatic heterocycles. The maximum atomic E-state index is 12.4. The highest BCUT2D eigenvalue weighted by Gasteiger charge is 2.26. The summed E-state index contributed by atoms with van der Waals surface area (Å²) in [4.78, 5) is 18.8. The summed E-state index contributed by atoms with van der Waals surface area (Å²) in [6.45, 7) is 6.06. The lowest BCUT2D eigenvalue weighted by molar-refractivity contribution is 0.211. The summed E-state index contributed by atoms with van der Waals surface area (Å²) < 4.78 is 1.10. The normalized spacial score (nSPS) is 19.2. The molecule has 3 rings (SSSR count). The molecule has 0 bridgehead atoms. The third kappa shape index (κ3) is 3.32. The van der Waals surface area contributed by atoms with Gasteiger partial charge in [0.15, 0.2) is 5.13 Å². The Kier molecular flexibility index (Phi) is 4.35. The number of urea groups is 1. The van der Waals surface area contributed by atoms with Gasteiger partial charge >= 0.3 is 6.03 Å². The van der Waals surface area contributed by atoms with Crippen LogP contribution in [0.2, 0.25) is 0 Å². The molecule has 21 heavy (non-hydrogen) atoms. The number of thioether (sulfide) groups is 1. The van der Waals surface area contributed by atoms with Crippen LogP contribution in [0.1, 0.15) is 13.8 Å². The Labute approximate surface area is 132 Å². The Morgan fingerprint density at radius 3 is 3.00 bits per heavy atom. The maximum absolute atomic E-state index is 12.4. The van der Waals surface area contributed by atoms with E-state index in [1.54, 1.807) is 0 Å². The van der Waals surface area contributed by atoms with Gasteiger partial charge < -0.3 is 4.90 Å². The molecule has 0 unspecified atom stereocenters. The number of carbonyl (C=O) groups excluding carboxylic acids is 1. The molecule has 0 spiro atoms. The molecule has 0 aliphatic carbocycles. The molecule has 1 aromatic carbocycles. The first-order valence-corrected chi connectivity index (χ1v) is 9.03. The van der Waals surface area contributed by atoms with E-state index in [9.17, 15) is 4.79 Å². The lowest BCUT2D eigenvalue weighted by Crippen LogP contribution is -2.45. The summed E-state index contributed by atoms with van der Waals surface area (Å²) >= 11 is 3.49. The summed E-state index contributed by atoms with van der Waals surface area (Å²) in [5.74, 6) is 1.60. The molecule has 1 aliphatic rings. The van der Waals surface area contributed by atoms with Gasteiger partial charge in [-0.25, -0.2) is 9.78 Å². The van der Waals surface area contributed by atoms with E-state index >= 15 is 0 Å². The van der Waals surface area contributed by atoms with E-state index in [1.165, 1.54) is 11.3 Å². The van der Waals surface area contributed by atoms with Gasteiger partial charge in [0.1, 0.15) is 0 Å². The highest BCUT2D eigenvalue weighted by molar-refractivity contribution is 8.00. The van der Waals surface area contributed by atoms with E-state index in [0.717, 1.165) is 29.1 Å². The zero-order chi connectivity index (χ0) is 14.8. The van der Waals surface area contributed by atoms with E-state index in [4.69, 9.17) is 0 Å². The molecule has 1 saturated heterocycles. The molecule has 112 valence electrons. The number of para-hydroxylation sites is 1. The number of hydrogen-bond donors (Lipinski definition) is 1. The smallest absolute Gasteiger partial charge is 0.323 e. The minimum absolute atomic E-state index is 0.0278. The maximum Gasteiger partial charge on any atom is 0.323 e. The number of rotatable bonds is 2. The molecule has 2 amide bonds. The highest BCUT2D eigenvalue weighted by atomic mass is 32.2. The van der Waals surface area contributed by atoms with E-state index < -0.39 is 0 Å². The summed E-state index contributed by atoms with van der Waals surface area (Å²) in [6.07, 6.45) is 0. The van der Waals surface area contributed by atoms with Gasteiger partial charge in [0, 0.05) is 24.1 Å². The zero-order valence-electron chi connectivity index (χ0n) is 12.2. The second kappa shape index (κ2) is 6.23. The highest BCUT2D eigenvalue weighted by Crippen LogP contribution is 2.27. The summed E-state index contributed by atoms with van der Waals surface area (Å²) in [5.41, 5.74) is 0.937. The van der Waals surface area contributed by atoms with Gasteiger partial charge in [0.05, 0.1) is 10.2 Å². The molecular weight excluding hydrogens is 302 g/mol. The fourth-order valence-electron chi connectivity index (χ4n) is 2.36. The number of aromatic nitrogens is 1. The molecule has 0 radical (unpaired) electrons. The molecule has 1 fully saturated rings. The predicted molar refractivity (Wildman–Crippen MR) is 91.3 cm³/mol. The average molecular weight is 321 g/mol. The zero-order valence-corrected chi connectivity index (χ0v) is 13.8. The van der Waals surface area contributed by atoms with Crippen molar-refractivity contribution in [1.82, 2.24) is 9.88 Å². The van der Waals surface area contributed by atoms with Crippen LogP contribution in [0, 0.1) is 5.92 Å². The molecule has 1 aromatic heterocycles. The van der Waals surface area contributed by atoms with Gasteiger partial charge in [-0.3, -0.25) is 5.32 Å². The lowest BCUT2D eigenvalue weighted by Gasteiger charge is -2.34. The van der Waals surface area contributed by atoms with Crippen molar-refractivity contribution in [2.75, 3.05) is 24.2 Å². The van der Waals surface area contributed by atoms with Gasteiger partial charge in [0.25, 0.3) is 0 Å². The number of thiazole rings is 1. The summed E-state index contributed by atoms with van der Waals surface area (Å²) in [6, 6.07) is 7.91. The van der Waals surface area contributed by atoms with Crippen LogP contribution in [0.5, 0.6) is 0 Å². The average Bonchev–Trinajstić information content (AvgIpc) is 2.89. The molecule has 0 saturated carbocycles. The van der Waals surface area contributed by atoms with Crippen molar-refractivity contribution in [1.29, 1.82) is 0 Å². The number of fused-ring (bicyclic) bond motifs is 1. The number of carbonyl (C=O) groups is 1. The van der Waals surface area contributed by atoms with Crippen molar-refractivity contribution in [3.63, 3.8) is 0 Å². The summed E-state index contributed by atoms with van der Waals surface area (Å²) in [7, 11) is 0. The Balaban J connectivity index is 1.68. The van der Waals surface area contributed by atoms with Crippen LogP contribution in [0.3, 0.4) is 0 Å². The summed E-state index contributed by atoms with van der Waals surface area (Å²) in [5, 5.41) is 4.15. The van der Waals surface area contributed by atoms with Crippen LogP contribution in [-0.2, 0) is 0 Å². The van der Waals surface area contributed by atoms with Crippen molar-refractivity contribution in [2.24, 2.45) is 5.92 Å². The largest absolute Gasteiger partial charge is 0.323 e. The van der Waals surface area contributed by atoms with Crippen molar-refractivity contribution in [3.8, 4) is 0 Å². The third-order valence-corrected chi connectivity index (χ3v) is 6.12. The Morgan fingerprint density at radius 2 is 2.24 bits per heavy atom. The van der Waals surface area contributed by atoms with Crippen molar-refractivity contribution < 1.29 is 4.79 Å². The van der Waals surface area contributed by atoms with E-state index in [1.807, 2.05) is 40.9 Å². The minimum Gasteiger partial charge on any atom is -0.323 e. The van der Waals surface area contributed by atoms with Crippen LogP contribution >= 0.6 is 23.1 Å². The number of anilines is 1. The van der Waals surface area contributed by atoms with Crippen LogP contribution in [0.15, 0.2) is 24.3 Å². The number of benzene rings is 1. The monoisotopic (exact) mass is 321 g/mol. The second-order valence-corrected chi connectivity index (χ2v) is 7.89. The first kappa shape index (κ1) is 14.7. The van der Waals surface area contributed by atoms with Crippen LogP contribution < -0.4 is 5.32 Å². The molecule has 2 aromatic rings. The van der Waals surface area contributed by atoms with E-state index in [-0.39, 0.29) is 6.03 Å². The van der Waals surface area contributed by atoms with Gasteiger partial charge in [0.2, 0.25) is 0 Å². The first-order valence-electron chi connectivity index (χ1n) is 7.16. The van der Waals surface area contributed by atoms with Gasteiger partial charge in [-0.1, -0.05) is 37.3 Å². The number of nitrogens with one attached hydrogen (secondary N) is 1. The standard InChI is InChI=1S/C15H19N3OS2/c1-10(2)13-9-18(7-8-20-13)15(19)17-14-16-11-5-3-4-6-12(11)21-14/h3-6,10,13H,7-9H2,1-2H3,(H,16,17,19)/t13-/m0/s1. The van der Waals surface area contributed by atoms with Gasteiger partial charge in [-0.05, 0) is 18.1 Å². The number of amides is 2. The number of nitrogens with zero attached hydrogens (tertiary/aromatic N) is 2. The molecule has 1 N–H and O–H groups in total. The second-order valence-electron chi connectivity index (χ2n) is 5.52. The quantitative estimate of drug-likeness (QED) is 0.912. The number of hydrogen-bond acceptors (Lipinski definition) is 4. The Morgan fingerprint density at radius 1 is 1.43 bits per heavy atom. The topological polar surface area (TPSA) is 45.2 Å². The SMILES string of the molecule is CC(C)[C@@H]1CN(C(=O)Nc2nc3ccccc3s2)CCS1. The fourth-order valence-corrected chi connectivity index (χ4v) is 4.51. The van der Waals surface area contributed by atoms with Crippen LogP contribution in [-0.4, -0.2) is 40.0 Å². The Bertz CT molecular complexity index is 608. The van der Waals surface area contributed by atoms with Crippen LogP contribution in [0.4, 0.5) is 9.93 Å². The van der Waals surface area contributed by atoms with E-state index in [0.29, 0.717) is 16.3 Å². The molecule has 1 atom stereocenters. The van der Waals surface area contributed by atoms with Crippen molar-refractivity contribution >= 4 is 44.5 Å². The van der Waals surface area contributed by atoms with Crippen LogP contribution in [0.25, 0.3) is 10.2 Å². The van der Waals surface area contributed by atoms with Crippen molar-refractivity contribution in [2.45, 2.75) is 19.1 Å². The van der Waals surface area contributed by atoms with Gasteiger partial charge in [-0.2, -0.15) is 11.8 Å². The first-order chi connectivity index (χ1) is 10.1. The predicted octanol–water partition coefficient (Wildman–Crippen LogP) is 3.90. The minimum atomic E-state index is -0.0278. The fraction of sp³-hybridized carbons (Fsp3) is 0.467. The molecule has 2 heterocycles. The van der Waals surface area contributed by atoms with Gasteiger partial charge in [-0.15, -0.1) is 0 Å². The van der Waals surface area contributed by atoms with Crippen molar-refractivity contribution in [3.05, 3.63) is 24.3 Å². The Hall–Kier alpha value is -1.27.